The number of fused-ring (bicyclic) bond motifs is 2. The SMILES string of the molecule is CS(=O)(=O)OCCOCCOc1cc2ccn(-c3ccc4ccccc4n3)c2cn1. The molecule has 0 bridgehead atoms. The van der Waals surface area contributed by atoms with Crippen molar-refractivity contribution < 1.29 is 22.1 Å². The van der Waals surface area contributed by atoms with Crippen LogP contribution in [0.2, 0.25) is 0 Å². The van der Waals surface area contributed by atoms with Gasteiger partial charge in [0.2, 0.25) is 5.88 Å². The minimum Gasteiger partial charge on any atom is -0.475 e. The molecule has 0 unspecified atom stereocenters. The molecule has 8 nitrogen and oxygen atoms in total. The molecule has 156 valence electrons. The maximum atomic E-state index is 10.8. The summed E-state index contributed by atoms with van der Waals surface area (Å²) < 4.78 is 39.2. The minimum atomic E-state index is -3.44. The van der Waals surface area contributed by atoms with Gasteiger partial charge in [0, 0.05) is 23.0 Å². The topological polar surface area (TPSA) is 92.5 Å². The standard InChI is InChI=1S/C21H21N3O5S/c1-30(25,26)29-13-11-27-10-12-28-21-14-17-8-9-24(19(17)15-22-21)20-7-6-16-4-2-3-5-18(16)23-20/h2-9,14-15H,10-13H2,1H3. The summed E-state index contributed by atoms with van der Waals surface area (Å²) >= 11 is 0. The highest BCUT2D eigenvalue weighted by atomic mass is 32.2. The Kier molecular flexibility index (Phi) is 5.93. The van der Waals surface area contributed by atoms with Gasteiger partial charge in [-0.1, -0.05) is 18.2 Å². The van der Waals surface area contributed by atoms with E-state index in [2.05, 4.69) is 15.2 Å². The van der Waals surface area contributed by atoms with Gasteiger partial charge in [0.05, 0.1) is 43.3 Å². The molecule has 4 aromatic rings. The Hall–Kier alpha value is -3.01. The van der Waals surface area contributed by atoms with Gasteiger partial charge in [0.1, 0.15) is 12.4 Å². The summed E-state index contributed by atoms with van der Waals surface area (Å²) in [7, 11) is -3.44. The first-order valence-electron chi connectivity index (χ1n) is 9.38. The van der Waals surface area contributed by atoms with Crippen molar-refractivity contribution in [2.45, 2.75) is 0 Å². The molecule has 0 atom stereocenters. The van der Waals surface area contributed by atoms with Crippen molar-refractivity contribution in [3.63, 3.8) is 0 Å². The van der Waals surface area contributed by atoms with Crippen molar-refractivity contribution in [3.8, 4) is 11.7 Å². The fourth-order valence-corrected chi connectivity index (χ4v) is 3.40. The number of hydrogen-bond acceptors (Lipinski definition) is 7. The summed E-state index contributed by atoms with van der Waals surface area (Å²) in [5.41, 5.74) is 1.87. The Morgan fingerprint density at radius 1 is 0.967 bits per heavy atom. The van der Waals surface area contributed by atoms with E-state index in [0.717, 1.165) is 33.9 Å². The number of benzene rings is 1. The van der Waals surface area contributed by atoms with Crippen LogP contribution in [0.4, 0.5) is 0 Å². The molecule has 0 N–H and O–H groups in total. The zero-order chi connectivity index (χ0) is 21.0. The van der Waals surface area contributed by atoms with Crippen molar-refractivity contribution in [2.24, 2.45) is 0 Å². The van der Waals surface area contributed by atoms with Crippen LogP contribution < -0.4 is 4.74 Å². The maximum absolute atomic E-state index is 10.8. The van der Waals surface area contributed by atoms with Crippen LogP contribution in [0, 0.1) is 0 Å². The number of aromatic nitrogens is 3. The lowest BCUT2D eigenvalue weighted by Gasteiger charge is -2.08. The largest absolute Gasteiger partial charge is 0.475 e. The number of ether oxygens (including phenoxy) is 2. The zero-order valence-corrected chi connectivity index (χ0v) is 17.2. The molecule has 30 heavy (non-hydrogen) atoms. The van der Waals surface area contributed by atoms with Gasteiger partial charge in [0.25, 0.3) is 10.1 Å². The maximum Gasteiger partial charge on any atom is 0.264 e. The highest BCUT2D eigenvalue weighted by molar-refractivity contribution is 7.85. The molecule has 0 saturated carbocycles. The van der Waals surface area contributed by atoms with Gasteiger partial charge >= 0.3 is 0 Å². The summed E-state index contributed by atoms with van der Waals surface area (Å²) in [5.74, 6) is 1.31. The van der Waals surface area contributed by atoms with Crippen LogP contribution in [-0.4, -0.2) is 55.6 Å². The predicted molar refractivity (Wildman–Crippen MR) is 113 cm³/mol. The summed E-state index contributed by atoms with van der Waals surface area (Å²) in [6.07, 6.45) is 4.71. The van der Waals surface area contributed by atoms with Crippen molar-refractivity contribution in [3.05, 3.63) is 60.9 Å². The third-order valence-corrected chi connectivity index (χ3v) is 4.98. The second-order valence-corrected chi connectivity index (χ2v) is 8.26. The van der Waals surface area contributed by atoms with Crippen molar-refractivity contribution in [2.75, 3.05) is 32.7 Å². The molecule has 0 amide bonds. The number of hydrogen-bond donors (Lipinski definition) is 0. The molecule has 1 aromatic carbocycles. The first-order valence-corrected chi connectivity index (χ1v) is 11.2. The van der Waals surface area contributed by atoms with Gasteiger partial charge in [-0.05, 0) is 24.3 Å². The van der Waals surface area contributed by atoms with Crippen LogP contribution in [-0.2, 0) is 19.0 Å². The van der Waals surface area contributed by atoms with Crippen LogP contribution in [0.1, 0.15) is 0 Å². The molecule has 0 saturated heterocycles. The Labute approximate surface area is 174 Å². The van der Waals surface area contributed by atoms with E-state index >= 15 is 0 Å². The lowest BCUT2D eigenvalue weighted by atomic mass is 10.2. The van der Waals surface area contributed by atoms with Crippen molar-refractivity contribution >= 4 is 31.9 Å². The van der Waals surface area contributed by atoms with Gasteiger partial charge in [-0.25, -0.2) is 9.97 Å². The summed E-state index contributed by atoms with van der Waals surface area (Å²) in [6, 6.07) is 15.9. The van der Waals surface area contributed by atoms with E-state index in [1.807, 2.05) is 53.2 Å². The molecule has 3 aromatic heterocycles. The van der Waals surface area contributed by atoms with Crippen LogP contribution in [0.3, 0.4) is 0 Å². The summed E-state index contributed by atoms with van der Waals surface area (Å²) in [4.78, 5) is 9.09. The van der Waals surface area contributed by atoms with Gasteiger partial charge < -0.3 is 9.47 Å². The highest BCUT2D eigenvalue weighted by Gasteiger charge is 2.08. The number of para-hydroxylation sites is 1. The van der Waals surface area contributed by atoms with E-state index in [4.69, 9.17) is 14.5 Å². The third-order valence-electron chi connectivity index (χ3n) is 4.38. The minimum absolute atomic E-state index is 0.0145. The zero-order valence-electron chi connectivity index (χ0n) is 16.4. The van der Waals surface area contributed by atoms with E-state index in [0.29, 0.717) is 19.1 Å². The first kappa shape index (κ1) is 20.3. The Balaban J connectivity index is 1.37. The fourth-order valence-electron chi connectivity index (χ4n) is 3.03. The van der Waals surface area contributed by atoms with E-state index in [1.165, 1.54) is 0 Å². The monoisotopic (exact) mass is 427 g/mol. The molecular weight excluding hydrogens is 406 g/mol. The molecular formula is C21H21N3O5S. The molecule has 0 fully saturated rings. The van der Waals surface area contributed by atoms with Crippen LogP contribution in [0.25, 0.3) is 27.6 Å². The average Bonchev–Trinajstić information content (AvgIpc) is 3.15. The molecule has 0 aliphatic rings. The fraction of sp³-hybridized carbons (Fsp3) is 0.238. The van der Waals surface area contributed by atoms with Crippen LogP contribution >= 0.6 is 0 Å². The number of rotatable bonds is 9. The van der Waals surface area contributed by atoms with Gasteiger partial charge in [-0.2, -0.15) is 8.42 Å². The Morgan fingerprint density at radius 2 is 1.80 bits per heavy atom. The van der Waals surface area contributed by atoms with Crippen molar-refractivity contribution in [1.82, 2.24) is 14.5 Å². The van der Waals surface area contributed by atoms with E-state index in [-0.39, 0.29) is 13.2 Å². The molecule has 3 heterocycles. The quantitative estimate of drug-likeness (QED) is 0.299. The summed E-state index contributed by atoms with van der Waals surface area (Å²) in [6.45, 7) is 0.753. The van der Waals surface area contributed by atoms with E-state index in [1.54, 1.807) is 6.20 Å². The second kappa shape index (κ2) is 8.78. The normalized spacial score (nSPS) is 11.9. The van der Waals surface area contributed by atoms with Gasteiger partial charge in [0.15, 0.2) is 0 Å². The molecule has 9 heteroatoms. The van der Waals surface area contributed by atoms with Crippen molar-refractivity contribution in [1.29, 1.82) is 0 Å². The molecule has 0 spiro atoms. The molecule has 0 aliphatic heterocycles. The summed E-state index contributed by atoms with van der Waals surface area (Å²) in [5, 5.41) is 2.08. The lowest BCUT2D eigenvalue weighted by Crippen LogP contribution is -2.13. The smallest absolute Gasteiger partial charge is 0.264 e. The predicted octanol–water partition coefficient (Wildman–Crippen LogP) is 2.95. The Morgan fingerprint density at radius 3 is 2.67 bits per heavy atom. The van der Waals surface area contributed by atoms with Gasteiger partial charge in [-0.15, -0.1) is 0 Å². The molecule has 0 aliphatic carbocycles. The van der Waals surface area contributed by atoms with E-state index < -0.39 is 10.1 Å². The Bertz CT molecular complexity index is 1270. The first-order chi connectivity index (χ1) is 14.5. The molecule has 4 rings (SSSR count). The third kappa shape index (κ3) is 4.93. The van der Waals surface area contributed by atoms with E-state index in [9.17, 15) is 8.42 Å². The number of pyridine rings is 2. The average molecular weight is 427 g/mol. The van der Waals surface area contributed by atoms with Crippen LogP contribution in [0.15, 0.2) is 60.9 Å². The lowest BCUT2D eigenvalue weighted by molar-refractivity contribution is 0.0770. The van der Waals surface area contributed by atoms with Gasteiger partial charge in [-0.3, -0.25) is 8.75 Å². The highest BCUT2D eigenvalue weighted by Crippen LogP contribution is 2.23. The number of nitrogens with zero attached hydrogens (tertiary/aromatic N) is 3. The second-order valence-electron chi connectivity index (χ2n) is 6.62. The van der Waals surface area contributed by atoms with Crippen LogP contribution in [0.5, 0.6) is 5.88 Å². The molecule has 0 radical (unpaired) electrons.